The molecule has 0 spiro atoms. The first-order chi connectivity index (χ1) is 12.1. The molecular weight excluding hydrogens is 336 g/mol. The number of fused-ring (bicyclic) bond motifs is 1. The molecule has 1 atom stereocenters. The fraction of sp³-hybridized carbons (Fsp3) is 0.158. The van der Waals surface area contributed by atoms with Gasteiger partial charge in [0.05, 0.1) is 24.3 Å². The van der Waals surface area contributed by atoms with Crippen molar-refractivity contribution in [2.24, 2.45) is 0 Å². The van der Waals surface area contributed by atoms with E-state index in [2.05, 4.69) is 10.3 Å². The first-order valence-electron chi connectivity index (χ1n) is 7.85. The molecule has 1 aliphatic heterocycles. The number of hydrogen-bond acceptors (Lipinski definition) is 4. The van der Waals surface area contributed by atoms with Gasteiger partial charge in [0.1, 0.15) is 0 Å². The Morgan fingerprint density at radius 1 is 1.24 bits per heavy atom. The third kappa shape index (κ3) is 2.37. The number of amides is 1. The highest BCUT2D eigenvalue weighted by molar-refractivity contribution is 7.08. The minimum atomic E-state index is -0.551. The topological polar surface area (TPSA) is 71.2 Å². The minimum Gasteiger partial charge on any atom is -0.465 e. The van der Waals surface area contributed by atoms with Gasteiger partial charge in [-0.15, -0.1) is 0 Å². The van der Waals surface area contributed by atoms with Gasteiger partial charge in [0.15, 0.2) is 0 Å². The Kier molecular flexibility index (Phi) is 3.69. The van der Waals surface area contributed by atoms with E-state index in [9.17, 15) is 9.59 Å². The molecule has 126 valence electrons. The second-order valence-corrected chi connectivity index (χ2v) is 6.71. The van der Waals surface area contributed by atoms with Gasteiger partial charge in [-0.25, -0.2) is 4.79 Å². The number of rotatable bonds is 3. The molecular formula is C19H16N2O3S. The Morgan fingerprint density at radius 3 is 2.76 bits per heavy atom. The Bertz CT molecular complexity index is 973. The van der Waals surface area contributed by atoms with E-state index in [0.717, 1.165) is 22.5 Å². The van der Waals surface area contributed by atoms with Gasteiger partial charge >= 0.3 is 5.97 Å². The predicted octanol–water partition coefficient (Wildman–Crippen LogP) is 3.92. The van der Waals surface area contributed by atoms with Crippen molar-refractivity contribution in [3.05, 3.63) is 63.5 Å². The molecule has 25 heavy (non-hydrogen) atoms. The quantitative estimate of drug-likeness (QED) is 0.702. The number of aryl methyl sites for hydroxylation is 1. The molecule has 3 heterocycles. The van der Waals surface area contributed by atoms with Crippen LogP contribution < -0.4 is 5.32 Å². The number of hydrogen-bond donors (Lipinski definition) is 2. The van der Waals surface area contributed by atoms with Crippen LogP contribution in [0.5, 0.6) is 0 Å². The second-order valence-electron chi connectivity index (χ2n) is 5.93. The highest BCUT2D eigenvalue weighted by Gasteiger charge is 2.38. The standard InChI is InChI=1S/C19H16N2O3S/c1-10-14(19(23)24-2)16(17(20-10)11-7-8-25-9-11)15-12-5-3-4-6-13(12)21-18(15)22/h3-9,15,20H,1-2H3,(H,21,22). The molecule has 0 fully saturated rings. The lowest BCUT2D eigenvalue weighted by Crippen LogP contribution is -2.17. The van der Waals surface area contributed by atoms with Crippen molar-refractivity contribution in [2.45, 2.75) is 12.8 Å². The zero-order valence-corrected chi connectivity index (χ0v) is 14.6. The summed E-state index contributed by atoms with van der Waals surface area (Å²) in [5, 5.41) is 6.87. The average Bonchev–Trinajstić information content (AvgIpc) is 3.30. The van der Waals surface area contributed by atoms with Crippen LogP contribution in [0.25, 0.3) is 11.3 Å². The number of para-hydroxylation sites is 1. The predicted molar refractivity (Wildman–Crippen MR) is 97.1 cm³/mol. The van der Waals surface area contributed by atoms with Crippen LogP contribution in [0.15, 0.2) is 41.1 Å². The summed E-state index contributed by atoms with van der Waals surface area (Å²) in [4.78, 5) is 28.5. The third-order valence-electron chi connectivity index (χ3n) is 4.51. The van der Waals surface area contributed by atoms with Gasteiger partial charge in [-0.05, 0) is 30.0 Å². The summed E-state index contributed by atoms with van der Waals surface area (Å²) in [6, 6.07) is 9.53. The van der Waals surface area contributed by atoms with Crippen LogP contribution in [0.3, 0.4) is 0 Å². The van der Waals surface area contributed by atoms with Crippen LogP contribution >= 0.6 is 11.3 Å². The number of anilines is 1. The largest absolute Gasteiger partial charge is 0.465 e. The Labute approximate surface area is 148 Å². The number of methoxy groups -OCH3 is 1. The van der Waals surface area contributed by atoms with Gasteiger partial charge < -0.3 is 15.0 Å². The highest BCUT2D eigenvalue weighted by atomic mass is 32.1. The molecule has 1 aromatic carbocycles. The van der Waals surface area contributed by atoms with E-state index in [1.807, 2.05) is 48.0 Å². The Morgan fingerprint density at radius 2 is 2.04 bits per heavy atom. The first-order valence-corrected chi connectivity index (χ1v) is 8.79. The molecule has 2 N–H and O–H groups in total. The molecule has 1 aliphatic rings. The fourth-order valence-electron chi connectivity index (χ4n) is 3.43. The molecule has 6 heteroatoms. The van der Waals surface area contributed by atoms with Crippen molar-refractivity contribution in [1.29, 1.82) is 0 Å². The van der Waals surface area contributed by atoms with Gasteiger partial charge in [-0.1, -0.05) is 18.2 Å². The molecule has 3 aromatic rings. The van der Waals surface area contributed by atoms with Gasteiger partial charge in [0.2, 0.25) is 5.91 Å². The molecule has 1 amide bonds. The lowest BCUT2D eigenvalue weighted by atomic mass is 9.88. The number of carbonyl (C=O) groups is 2. The molecule has 4 rings (SSSR count). The number of ether oxygens (including phenoxy) is 1. The van der Waals surface area contributed by atoms with Crippen LogP contribution in [0.4, 0.5) is 5.69 Å². The van der Waals surface area contributed by atoms with E-state index in [1.54, 1.807) is 11.3 Å². The summed E-state index contributed by atoms with van der Waals surface area (Å²) in [5.41, 5.74) is 5.19. The van der Waals surface area contributed by atoms with Gasteiger partial charge in [0, 0.05) is 27.9 Å². The number of thiophene rings is 1. The van der Waals surface area contributed by atoms with Crippen LogP contribution in [0.1, 0.15) is 33.1 Å². The van der Waals surface area contributed by atoms with Crippen LogP contribution in [0, 0.1) is 6.92 Å². The van der Waals surface area contributed by atoms with E-state index in [1.165, 1.54) is 7.11 Å². The summed E-state index contributed by atoms with van der Waals surface area (Å²) in [6.07, 6.45) is 0. The third-order valence-corrected chi connectivity index (χ3v) is 5.19. The molecule has 0 saturated heterocycles. The SMILES string of the molecule is COC(=O)c1c(C)[nH]c(-c2ccsc2)c1C1C(=O)Nc2ccccc21. The molecule has 0 aliphatic carbocycles. The summed E-state index contributed by atoms with van der Waals surface area (Å²) in [5.74, 6) is -1.13. The second kappa shape index (κ2) is 5.89. The zero-order chi connectivity index (χ0) is 17.6. The molecule has 5 nitrogen and oxygen atoms in total. The van der Waals surface area contributed by atoms with E-state index in [4.69, 9.17) is 4.74 Å². The van der Waals surface area contributed by atoms with Gasteiger partial charge in [-0.3, -0.25) is 4.79 Å². The maximum atomic E-state index is 12.8. The minimum absolute atomic E-state index is 0.137. The van der Waals surface area contributed by atoms with Crippen molar-refractivity contribution in [1.82, 2.24) is 4.98 Å². The van der Waals surface area contributed by atoms with E-state index in [0.29, 0.717) is 16.8 Å². The summed E-state index contributed by atoms with van der Waals surface area (Å²) in [6.45, 7) is 1.82. The smallest absolute Gasteiger partial charge is 0.340 e. The van der Waals surface area contributed by atoms with Crippen LogP contribution in [0.2, 0.25) is 0 Å². The number of H-pyrrole nitrogens is 1. The summed E-state index contributed by atoms with van der Waals surface area (Å²) < 4.78 is 4.98. The van der Waals surface area contributed by atoms with E-state index < -0.39 is 11.9 Å². The monoisotopic (exact) mass is 352 g/mol. The van der Waals surface area contributed by atoms with Gasteiger partial charge in [0.25, 0.3) is 0 Å². The Balaban J connectivity index is 2.00. The maximum absolute atomic E-state index is 12.8. The van der Waals surface area contributed by atoms with Crippen molar-refractivity contribution in [2.75, 3.05) is 12.4 Å². The number of esters is 1. The van der Waals surface area contributed by atoms with Crippen LogP contribution in [-0.2, 0) is 9.53 Å². The number of nitrogens with one attached hydrogen (secondary N) is 2. The molecule has 2 aromatic heterocycles. The van der Waals surface area contributed by atoms with Crippen LogP contribution in [-0.4, -0.2) is 24.0 Å². The lowest BCUT2D eigenvalue weighted by Gasteiger charge is -2.13. The fourth-order valence-corrected chi connectivity index (χ4v) is 4.07. The summed E-state index contributed by atoms with van der Waals surface area (Å²) >= 11 is 1.56. The summed E-state index contributed by atoms with van der Waals surface area (Å²) in [7, 11) is 1.35. The van der Waals surface area contributed by atoms with Crippen molar-refractivity contribution < 1.29 is 14.3 Å². The maximum Gasteiger partial charge on any atom is 0.340 e. The van der Waals surface area contributed by atoms with Crippen molar-refractivity contribution >= 4 is 28.9 Å². The highest BCUT2D eigenvalue weighted by Crippen LogP contribution is 2.43. The number of carbonyl (C=O) groups excluding carboxylic acids is 2. The van der Waals surface area contributed by atoms with E-state index in [-0.39, 0.29) is 5.91 Å². The molecule has 0 radical (unpaired) electrons. The molecule has 0 bridgehead atoms. The first kappa shape index (κ1) is 15.7. The molecule has 1 unspecified atom stereocenters. The van der Waals surface area contributed by atoms with Crippen molar-refractivity contribution in [3.8, 4) is 11.3 Å². The van der Waals surface area contributed by atoms with E-state index >= 15 is 0 Å². The number of aromatic nitrogens is 1. The lowest BCUT2D eigenvalue weighted by molar-refractivity contribution is -0.116. The normalized spacial score (nSPS) is 15.8. The number of aromatic amines is 1. The van der Waals surface area contributed by atoms with Crippen molar-refractivity contribution in [3.63, 3.8) is 0 Å². The average molecular weight is 352 g/mol. The van der Waals surface area contributed by atoms with Gasteiger partial charge in [-0.2, -0.15) is 11.3 Å². The Hall–Kier alpha value is -2.86. The number of benzene rings is 1. The molecule has 0 saturated carbocycles. The zero-order valence-electron chi connectivity index (χ0n) is 13.8.